The number of carbonyl (C=O) groups excluding carboxylic acids is 2. The molecule has 1 saturated carbocycles. The number of benzene rings is 1. The predicted molar refractivity (Wildman–Crippen MR) is 86.8 cm³/mol. The Morgan fingerprint density at radius 1 is 1.26 bits per heavy atom. The second kappa shape index (κ2) is 5.99. The highest BCUT2D eigenvalue weighted by Crippen LogP contribution is 2.43. The van der Waals surface area contributed by atoms with Crippen LogP contribution in [0.3, 0.4) is 0 Å². The lowest BCUT2D eigenvalue weighted by Crippen LogP contribution is -2.40. The molecule has 1 fully saturated rings. The number of phenols is 1. The zero-order valence-electron chi connectivity index (χ0n) is 13.8. The zero-order chi connectivity index (χ0) is 16.6. The van der Waals surface area contributed by atoms with Gasteiger partial charge in [-0.15, -0.1) is 0 Å². The first-order chi connectivity index (χ1) is 10.9. The van der Waals surface area contributed by atoms with Crippen molar-refractivity contribution in [3.8, 4) is 11.5 Å². The monoisotopic (exact) mass is 316 g/mol. The fraction of sp³-hybridized carbons (Fsp3) is 0.579. The molecule has 23 heavy (non-hydrogen) atoms. The number of hydrogen-bond acceptors (Lipinski definition) is 4. The number of aromatic hydroxyl groups is 1. The van der Waals surface area contributed by atoms with Gasteiger partial charge < -0.3 is 9.84 Å². The van der Waals surface area contributed by atoms with Crippen LogP contribution in [0.4, 0.5) is 0 Å². The summed E-state index contributed by atoms with van der Waals surface area (Å²) in [6.45, 7) is 3.83. The molecule has 4 heteroatoms. The number of hydrogen-bond donors (Lipinski definition) is 1. The molecule has 1 aromatic carbocycles. The Morgan fingerprint density at radius 3 is 2.65 bits per heavy atom. The standard InChI is InChI=1S/C19H24O4/c1-12-10-13(15-7-6-14(20)11-16(15)23-12)8-9-19(2)17(21)4-3-5-18(19)22/h6-7,11-13,20H,3-5,8-10H2,1-2H3. The number of Topliss-reactive ketones (excluding diaryl/α,β-unsaturated/α-hetero) is 2. The van der Waals surface area contributed by atoms with Crippen molar-refractivity contribution in [3.05, 3.63) is 23.8 Å². The molecule has 0 aromatic heterocycles. The summed E-state index contributed by atoms with van der Waals surface area (Å²) in [6, 6.07) is 5.22. The van der Waals surface area contributed by atoms with E-state index in [9.17, 15) is 14.7 Å². The molecule has 1 aromatic rings. The zero-order valence-corrected chi connectivity index (χ0v) is 13.8. The third-order valence-corrected chi connectivity index (χ3v) is 5.41. The van der Waals surface area contributed by atoms with Crippen LogP contribution in [0.2, 0.25) is 0 Å². The number of carbonyl (C=O) groups is 2. The largest absolute Gasteiger partial charge is 0.508 e. The minimum Gasteiger partial charge on any atom is -0.508 e. The lowest BCUT2D eigenvalue weighted by atomic mass is 9.69. The van der Waals surface area contributed by atoms with Crippen molar-refractivity contribution in [3.63, 3.8) is 0 Å². The lowest BCUT2D eigenvalue weighted by molar-refractivity contribution is -0.143. The topological polar surface area (TPSA) is 63.6 Å². The molecule has 0 spiro atoms. The van der Waals surface area contributed by atoms with E-state index in [0.29, 0.717) is 25.7 Å². The average Bonchev–Trinajstić information content (AvgIpc) is 2.50. The van der Waals surface area contributed by atoms with Gasteiger partial charge in [-0.2, -0.15) is 0 Å². The summed E-state index contributed by atoms with van der Waals surface area (Å²) >= 11 is 0. The van der Waals surface area contributed by atoms with Gasteiger partial charge in [-0.25, -0.2) is 0 Å². The van der Waals surface area contributed by atoms with Gasteiger partial charge in [0.15, 0.2) is 0 Å². The molecule has 1 aliphatic heterocycles. The van der Waals surface area contributed by atoms with Crippen LogP contribution in [-0.4, -0.2) is 22.8 Å². The second-order valence-corrected chi connectivity index (χ2v) is 7.15. The van der Waals surface area contributed by atoms with Gasteiger partial charge in [0.05, 0.1) is 11.5 Å². The number of ketones is 2. The highest BCUT2D eigenvalue weighted by atomic mass is 16.5. The van der Waals surface area contributed by atoms with Crippen LogP contribution < -0.4 is 4.74 Å². The third kappa shape index (κ3) is 2.99. The fourth-order valence-electron chi connectivity index (χ4n) is 3.89. The van der Waals surface area contributed by atoms with Crippen molar-refractivity contribution >= 4 is 11.6 Å². The van der Waals surface area contributed by atoms with Gasteiger partial charge in [0.25, 0.3) is 0 Å². The molecule has 1 N–H and O–H groups in total. The molecule has 2 unspecified atom stereocenters. The highest BCUT2D eigenvalue weighted by molar-refractivity contribution is 6.08. The van der Waals surface area contributed by atoms with Gasteiger partial charge >= 0.3 is 0 Å². The molecule has 1 aliphatic carbocycles. The quantitative estimate of drug-likeness (QED) is 0.863. The van der Waals surface area contributed by atoms with Gasteiger partial charge in [-0.05, 0) is 57.1 Å². The van der Waals surface area contributed by atoms with Crippen molar-refractivity contribution in [2.75, 3.05) is 0 Å². The summed E-state index contributed by atoms with van der Waals surface area (Å²) in [7, 11) is 0. The Hall–Kier alpha value is -1.84. The van der Waals surface area contributed by atoms with Crippen molar-refractivity contribution < 1.29 is 19.4 Å². The molecule has 0 saturated heterocycles. The Kier molecular flexibility index (Phi) is 4.17. The average molecular weight is 316 g/mol. The number of rotatable bonds is 3. The third-order valence-electron chi connectivity index (χ3n) is 5.41. The minimum atomic E-state index is -0.809. The Labute approximate surface area is 136 Å². The normalized spacial score (nSPS) is 26.5. The van der Waals surface area contributed by atoms with Crippen LogP contribution in [0, 0.1) is 5.41 Å². The summed E-state index contributed by atoms with van der Waals surface area (Å²) in [4.78, 5) is 24.6. The van der Waals surface area contributed by atoms with E-state index in [2.05, 4.69) is 0 Å². The van der Waals surface area contributed by atoms with Crippen LogP contribution in [-0.2, 0) is 9.59 Å². The van der Waals surface area contributed by atoms with Crippen molar-refractivity contribution in [2.45, 2.75) is 64.4 Å². The highest BCUT2D eigenvalue weighted by Gasteiger charge is 2.42. The Balaban J connectivity index is 1.78. The van der Waals surface area contributed by atoms with E-state index in [-0.39, 0.29) is 29.3 Å². The molecular weight excluding hydrogens is 292 g/mol. The van der Waals surface area contributed by atoms with Crippen LogP contribution in [0.15, 0.2) is 18.2 Å². The second-order valence-electron chi connectivity index (χ2n) is 7.15. The maximum absolute atomic E-state index is 12.3. The first-order valence-corrected chi connectivity index (χ1v) is 8.46. The summed E-state index contributed by atoms with van der Waals surface area (Å²) in [5.74, 6) is 1.37. The minimum absolute atomic E-state index is 0.0693. The first kappa shape index (κ1) is 16.0. The molecule has 0 radical (unpaired) electrons. The first-order valence-electron chi connectivity index (χ1n) is 8.46. The fourth-order valence-corrected chi connectivity index (χ4v) is 3.89. The molecule has 1 heterocycles. The van der Waals surface area contributed by atoms with E-state index in [1.54, 1.807) is 12.1 Å². The predicted octanol–water partition coefficient (Wildman–Crippen LogP) is 3.76. The summed E-state index contributed by atoms with van der Waals surface area (Å²) < 4.78 is 5.81. The van der Waals surface area contributed by atoms with E-state index >= 15 is 0 Å². The molecule has 0 bridgehead atoms. The summed E-state index contributed by atoms with van der Waals surface area (Å²) in [5, 5.41) is 9.64. The molecule has 2 atom stereocenters. The van der Waals surface area contributed by atoms with Crippen LogP contribution in [0.5, 0.6) is 11.5 Å². The maximum Gasteiger partial charge on any atom is 0.146 e. The number of phenolic OH excluding ortho intramolecular Hbond substituents is 1. The summed E-state index contributed by atoms with van der Waals surface area (Å²) in [5.41, 5.74) is 0.261. The van der Waals surface area contributed by atoms with E-state index in [1.807, 2.05) is 19.9 Å². The molecule has 0 amide bonds. The van der Waals surface area contributed by atoms with Crippen molar-refractivity contribution in [1.29, 1.82) is 0 Å². The Morgan fingerprint density at radius 2 is 1.96 bits per heavy atom. The molecule has 3 rings (SSSR count). The molecule has 124 valence electrons. The van der Waals surface area contributed by atoms with Crippen LogP contribution in [0.25, 0.3) is 0 Å². The summed E-state index contributed by atoms with van der Waals surface area (Å²) in [6.07, 6.45) is 4.08. The SMILES string of the molecule is CC1CC(CCC2(C)C(=O)CCCC2=O)c2ccc(O)cc2O1. The number of fused-ring (bicyclic) bond motifs is 1. The maximum atomic E-state index is 12.3. The van der Waals surface area contributed by atoms with Gasteiger partial charge in [0, 0.05) is 18.9 Å². The molecule has 4 nitrogen and oxygen atoms in total. The van der Waals surface area contributed by atoms with Crippen LogP contribution in [0.1, 0.15) is 63.9 Å². The van der Waals surface area contributed by atoms with E-state index in [0.717, 1.165) is 24.2 Å². The lowest BCUT2D eigenvalue weighted by Gasteiger charge is -2.35. The molecular formula is C19H24O4. The Bertz CT molecular complexity index is 618. The van der Waals surface area contributed by atoms with Crippen molar-refractivity contribution in [1.82, 2.24) is 0 Å². The van der Waals surface area contributed by atoms with Gasteiger partial charge in [0.2, 0.25) is 0 Å². The van der Waals surface area contributed by atoms with E-state index < -0.39 is 5.41 Å². The van der Waals surface area contributed by atoms with Crippen LogP contribution >= 0.6 is 0 Å². The number of ether oxygens (including phenoxy) is 1. The van der Waals surface area contributed by atoms with E-state index in [1.165, 1.54) is 0 Å². The van der Waals surface area contributed by atoms with Crippen molar-refractivity contribution in [2.24, 2.45) is 5.41 Å². The van der Waals surface area contributed by atoms with Gasteiger partial charge in [0.1, 0.15) is 23.1 Å². The van der Waals surface area contributed by atoms with Gasteiger partial charge in [-0.3, -0.25) is 9.59 Å². The van der Waals surface area contributed by atoms with E-state index in [4.69, 9.17) is 4.74 Å². The molecule has 2 aliphatic rings. The smallest absolute Gasteiger partial charge is 0.146 e. The van der Waals surface area contributed by atoms with Gasteiger partial charge in [-0.1, -0.05) is 6.07 Å².